The minimum Gasteiger partial charge on any atom is -0.356 e. The molecule has 0 spiro atoms. The molecule has 0 fully saturated rings. The zero-order valence-electron chi connectivity index (χ0n) is 12.8. The summed E-state index contributed by atoms with van der Waals surface area (Å²) in [4.78, 5) is 12.0. The van der Waals surface area contributed by atoms with Crippen LogP contribution in [0, 0.1) is 0 Å². The fraction of sp³-hybridized carbons (Fsp3) is 0.211. The van der Waals surface area contributed by atoms with Gasteiger partial charge < -0.3 is 9.88 Å². The minimum atomic E-state index is 0.0952. The van der Waals surface area contributed by atoms with Gasteiger partial charge in [-0.15, -0.1) is 0 Å². The molecule has 0 atom stereocenters. The number of carbonyl (C=O) groups is 1. The van der Waals surface area contributed by atoms with Crippen molar-refractivity contribution in [2.24, 2.45) is 0 Å². The van der Waals surface area contributed by atoms with Crippen molar-refractivity contribution in [1.29, 1.82) is 0 Å². The standard InChI is InChI=1S/C19H19BrN2O/c20-17-7-4-8-18-16(17)10-13-22(18)14-11-19(23)21-12-9-15-5-2-1-3-6-15/h1-8,10,13H,9,11-12,14H2,(H,21,23). The predicted molar refractivity (Wildman–Crippen MR) is 97.4 cm³/mol. The molecule has 3 nitrogen and oxygen atoms in total. The van der Waals surface area contributed by atoms with Crippen LogP contribution < -0.4 is 5.32 Å². The molecule has 118 valence electrons. The van der Waals surface area contributed by atoms with Crippen molar-refractivity contribution in [2.75, 3.05) is 6.54 Å². The Hall–Kier alpha value is -2.07. The molecule has 2 aromatic carbocycles. The Morgan fingerprint density at radius 1 is 1.04 bits per heavy atom. The maximum absolute atomic E-state index is 12.0. The van der Waals surface area contributed by atoms with E-state index in [1.54, 1.807) is 0 Å². The number of hydrogen-bond acceptors (Lipinski definition) is 1. The Labute approximate surface area is 144 Å². The van der Waals surface area contributed by atoms with E-state index in [4.69, 9.17) is 0 Å². The fourth-order valence-corrected chi connectivity index (χ4v) is 3.17. The summed E-state index contributed by atoms with van der Waals surface area (Å²) in [6.07, 6.45) is 3.39. The van der Waals surface area contributed by atoms with E-state index in [9.17, 15) is 4.79 Å². The number of aryl methyl sites for hydroxylation is 1. The lowest BCUT2D eigenvalue weighted by Crippen LogP contribution is -2.26. The highest BCUT2D eigenvalue weighted by Gasteiger charge is 2.06. The molecule has 1 aromatic heterocycles. The molecule has 0 radical (unpaired) electrons. The third-order valence-corrected chi connectivity index (χ3v) is 4.61. The maximum atomic E-state index is 12.0. The quantitative estimate of drug-likeness (QED) is 0.694. The fourth-order valence-electron chi connectivity index (χ4n) is 2.68. The predicted octanol–water partition coefficient (Wildman–Crippen LogP) is 4.15. The normalized spacial score (nSPS) is 10.8. The summed E-state index contributed by atoms with van der Waals surface area (Å²) < 4.78 is 3.21. The van der Waals surface area contributed by atoms with Crippen LogP contribution in [-0.2, 0) is 17.8 Å². The number of nitrogens with one attached hydrogen (secondary N) is 1. The molecule has 0 saturated heterocycles. The first-order chi connectivity index (χ1) is 11.2. The number of hydrogen-bond donors (Lipinski definition) is 1. The van der Waals surface area contributed by atoms with E-state index in [2.05, 4.69) is 50.1 Å². The number of fused-ring (bicyclic) bond motifs is 1. The number of aromatic nitrogens is 1. The van der Waals surface area contributed by atoms with Crippen LogP contribution >= 0.6 is 15.9 Å². The van der Waals surface area contributed by atoms with Gasteiger partial charge in [-0.25, -0.2) is 0 Å². The highest BCUT2D eigenvalue weighted by molar-refractivity contribution is 9.10. The lowest BCUT2D eigenvalue weighted by molar-refractivity contribution is -0.121. The van der Waals surface area contributed by atoms with Crippen molar-refractivity contribution in [3.63, 3.8) is 0 Å². The lowest BCUT2D eigenvalue weighted by atomic mass is 10.1. The molecular formula is C19H19BrN2O. The summed E-state index contributed by atoms with van der Waals surface area (Å²) in [5.74, 6) is 0.0952. The average Bonchev–Trinajstić information content (AvgIpc) is 2.98. The zero-order chi connectivity index (χ0) is 16.1. The van der Waals surface area contributed by atoms with Crippen molar-refractivity contribution in [3.05, 3.63) is 70.8 Å². The van der Waals surface area contributed by atoms with Crippen LogP contribution in [0.2, 0.25) is 0 Å². The third kappa shape index (κ3) is 4.02. The van der Waals surface area contributed by atoms with E-state index < -0.39 is 0 Å². The number of benzene rings is 2. The van der Waals surface area contributed by atoms with Gasteiger partial charge in [0.2, 0.25) is 5.91 Å². The second-order valence-corrected chi connectivity index (χ2v) is 6.37. The van der Waals surface area contributed by atoms with Gasteiger partial charge in [-0.2, -0.15) is 0 Å². The van der Waals surface area contributed by atoms with Crippen LogP contribution in [0.4, 0.5) is 0 Å². The van der Waals surface area contributed by atoms with Crippen molar-refractivity contribution >= 4 is 32.7 Å². The molecule has 0 aliphatic carbocycles. The highest BCUT2D eigenvalue weighted by Crippen LogP contribution is 2.24. The number of carbonyl (C=O) groups excluding carboxylic acids is 1. The minimum absolute atomic E-state index is 0.0952. The summed E-state index contributed by atoms with van der Waals surface area (Å²) in [6.45, 7) is 1.37. The third-order valence-electron chi connectivity index (χ3n) is 3.92. The van der Waals surface area contributed by atoms with Gasteiger partial charge in [-0.3, -0.25) is 4.79 Å². The zero-order valence-corrected chi connectivity index (χ0v) is 14.4. The first-order valence-corrected chi connectivity index (χ1v) is 8.57. The van der Waals surface area contributed by atoms with E-state index in [-0.39, 0.29) is 5.91 Å². The molecule has 0 aliphatic rings. The molecule has 1 N–H and O–H groups in total. The summed E-state index contributed by atoms with van der Waals surface area (Å²) in [5.41, 5.74) is 2.39. The molecule has 0 aliphatic heterocycles. The molecule has 3 aromatic rings. The van der Waals surface area contributed by atoms with Crippen LogP contribution in [0.5, 0.6) is 0 Å². The smallest absolute Gasteiger partial charge is 0.221 e. The Bertz CT molecular complexity index is 795. The second kappa shape index (κ2) is 7.47. The van der Waals surface area contributed by atoms with E-state index in [1.807, 2.05) is 36.5 Å². The van der Waals surface area contributed by atoms with Gasteiger partial charge in [-0.1, -0.05) is 52.3 Å². The number of nitrogens with zero attached hydrogens (tertiary/aromatic N) is 1. The molecule has 1 amide bonds. The van der Waals surface area contributed by atoms with Gasteiger partial charge in [-0.05, 0) is 30.2 Å². The first-order valence-electron chi connectivity index (χ1n) is 7.78. The van der Waals surface area contributed by atoms with Crippen molar-refractivity contribution in [2.45, 2.75) is 19.4 Å². The highest BCUT2D eigenvalue weighted by atomic mass is 79.9. The summed E-state index contributed by atoms with van der Waals surface area (Å²) in [7, 11) is 0. The van der Waals surface area contributed by atoms with Gasteiger partial charge in [0.25, 0.3) is 0 Å². The molecule has 23 heavy (non-hydrogen) atoms. The summed E-state index contributed by atoms with van der Waals surface area (Å²) in [6, 6.07) is 18.4. The van der Waals surface area contributed by atoms with Gasteiger partial charge in [0.15, 0.2) is 0 Å². The molecule has 4 heteroatoms. The molecule has 0 saturated carbocycles. The molecule has 3 rings (SSSR count). The largest absolute Gasteiger partial charge is 0.356 e. The van der Waals surface area contributed by atoms with Crippen LogP contribution in [0.25, 0.3) is 10.9 Å². The Kier molecular flexibility index (Phi) is 5.13. The SMILES string of the molecule is O=C(CCn1ccc2c(Br)cccc21)NCCc1ccccc1. The Morgan fingerprint density at radius 2 is 1.87 bits per heavy atom. The maximum Gasteiger partial charge on any atom is 0.221 e. The first kappa shape index (κ1) is 15.8. The summed E-state index contributed by atoms with van der Waals surface area (Å²) in [5, 5.41) is 4.17. The molecule has 1 heterocycles. The van der Waals surface area contributed by atoms with Gasteiger partial charge >= 0.3 is 0 Å². The van der Waals surface area contributed by atoms with E-state index >= 15 is 0 Å². The number of halogens is 1. The van der Waals surface area contributed by atoms with E-state index in [1.165, 1.54) is 10.9 Å². The van der Waals surface area contributed by atoms with Crippen LogP contribution in [0.1, 0.15) is 12.0 Å². The monoisotopic (exact) mass is 370 g/mol. The summed E-state index contributed by atoms with van der Waals surface area (Å²) >= 11 is 3.55. The van der Waals surface area contributed by atoms with Gasteiger partial charge in [0, 0.05) is 41.1 Å². The van der Waals surface area contributed by atoms with Gasteiger partial charge in [0.1, 0.15) is 0 Å². The number of amides is 1. The van der Waals surface area contributed by atoms with E-state index in [0.29, 0.717) is 19.5 Å². The van der Waals surface area contributed by atoms with Crippen molar-refractivity contribution < 1.29 is 4.79 Å². The van der Waals surface area contributed by atoms with Crippen LogP contribution in [-0.4, -0.2) is 17.0 Å². The van der Waals surface area contributed by atoms with Crippen LogP contribution in [0.3, 0.4) is 0 Å². The topological polar surface area (TPSA) is 34.0 Å². The number of rotatable bonds is 6. The second-order valence-electron chi connectivity index (χ2n) is 5.52. The average molecular weight is 371 g/mol. The van der Waals surface area contributed by atoms with Crippen molar-refractivity contribution in [1.82, 2.24) is 9.88 Å². The molecular weight excluding hydrogens is 352 g/mol. The molecule has 0 bridgehead atoms. The van der Waals surface area contributed by atoms with Crippen LogP contribution in [0.15, 0.2) is 65.3 Å². The molecule has 0 unspecified atom stereocenters. The Balaban J connectivity index is 1.49. The van der Waals surface area contributed by atoms with E-state index in [0.717, 1.165) is 16.4 Å². The Morgan fingerprint density at radius 3 is 2.70 bits per heavy atom. The van der Waals surface area contributed by atoms with Gasteiger partial charge in [0.05, 0.1) is 0 Å². The lowest BCUT2D eigenvalue weighted by Gasteiger charge is -2.07. The van der Waals surface area contributed by atoms with Crippen molar-refractivity contribution in [3.8, 4) is 0 Å².